The maximum atomic E-state index is 10.6. The van der Waals surface area contributed by atoms with Gasteiger partial charge in [0.05, 0.1) is 0 Å². The first-order valence-corrected chi connectivity index (χ1v) is 3.33. The fourth-order valence-corrected chi connectivity index (χ4v) is 0.568. The van der Waals surface area contributed by atoms with E-state index in [1.165, 1.54) is 0 Å². The first-order chi connectivity index (χ1) is 4.81. The lowest BCUT2D eigenvalue weighted by Crippen LogP contribution is -1.95. The molecule has 0 aliphatic rings. The summed E-state index contributed by atoms with van der Waals surface area (Å²) in [5, 5.41) is 3.31. The summed E-state index contributed by atoms with van der Waals surface area (Å²) in [7, 11) is 0. The highest BCUT2D eigenvalue weighted by molar-refractivity contribution is 5.77. The summed E-state index contributed by atoms with van der Waals surface area (Å²) < 4.78 is 0. The van der Waals surface area contributed by atoms with Crippen molar-refractivity contribution < 1.29 is 4.79 Å². The van der Waals surface area contributed by atoms with Gasteiger partial charge in [0.1, 0.15) is 5.78 Å². The SMILES string of the molecule is CCC(=O)CCCN=[N+]=[N-]. The monoisotopic (exact) mass is 141 g/mol. The Bertz CT molecular complexity index is 149. The smallest absolute Gasteiger partial charge is 0.132 e. The zero-order valence-corrected chi connectivity index (χ0v) is 6.08. The molecule has 0 radical (unpaired) electrons. The normalized spacial score (nSPS) is 8.50. The van der Waals surface area contributed by atoms with Gasteiger partial charge in [-0.15, -0.1) is 0 Å². The Morgan fingerprint density at radius 1 is 1.70 bits per heavy atom. The fourth-order valence-electron chi connectivity index (χ4n) is 0.568. The quantitative estimate of drug-likeness (QED) is 0.250. The van der Waals surface area contributed by atoms with Gasteiger partial charge in [0, 0.05) is 24.3 Å². The van der Waals surface area contributed by atoms with Gasteiger partial charge < -0.3 is 0 Å². The minimum atomic E-state index is 0.230. The van der Waals surface area contributed by atoms with Gasteiger partial charge in [-0.3, -0.25) is 4.79 Å². The van der Waals surface area contributed by atoms with Crippen LogP contribution in [0.1, 0.15) is 26.2 Å². The molecule has 0 N–H and O–H groups in total. The maximum absolute atomic E-state index is 10.6. The van der Waals surface area contributed by atoms with E-state index < -0.39 is 0 Å². The number of hydrogen-bond acceptors (Lipinski definition) is 2. The number of carbonyl (C=O) groups excluding carboxylic acids is 1. The Morgan fingerprint density at radius 3 is 2.90 bits per heavy atom. The standard InChI is InChI=1S/C6H11N3O/c1-2-6(10)4-3-5-8-9-7/h2-5H2,1H3. The van der Waals surface area contributed by atoms with E-state index in [1.807, 2.05) is 6.92 Å². The van der Waals surface area contributed by atoms with E-state index in [-0.39, 0.29) is 5.78 Å². The van der Waals surface area contributed by atoms with Crippen molar-refractivity contribution in [3.8, 4) is 0 Å². The number of azide groups is 1. The Morgan fingerprint density at radius 2 is 2.40 bits per heavy atom. The Balaban J connectivity index is 3.19. The van der Waals surface area contributed by atoms with Gasteiger partial charge in [0.25, 0.3) is 0 Å². The summed E-state index contributed by atoms with van der Waals surface area (Å²) in [5.74, 6) is 0.230. The van der Waals surface area contributed by atoms with Gasteiger partial charge >= 0.3 is 0 Å². The predicted molar refractivity (Wildman–Crippen MR) is 38.5 cm³/mol. The number of hydrogen-bond donors (Lipinski definition) is 0. The van der Waals surface area contributed by atoms with Crippen LogP contribution >= 0.6 is 0 Å². The average molecular weight is 141 g/mol. The maximum Gasteiger partial charge on any atom is 0.132 e. The van der Waals surface area contributed by atoms with Crippen molar-refractivity contribution in [2.75, 3.05) is 6.54 Å². The molecule has 0 saturated carbocycles. The summed E-state index contributed by atoms with van der Waals surface area (Å²) in [5.41, 5.74) is 7.86. The number of ketones is 1. The van der Waals surface area contributed by atoms with Crippen LogP contribution in [-0.4, -0.2) is 12.3 Å². The second kappa shape index (κ2) is 6.11. The first-order valence-electron chi connectivity index (χ1n) is 3.33. The molecule has 0 spiro atoms. The topological polar surface area (TPSA) is 65.8 Å². The molecule has 0 heterocycles. The van der Waals surface area contributed by atoms with E-state index in [1.54, 1.807) is 0 Å². The van der Waals surface area contributed by atoms with Gasteiger partial charge in [-0.05, 0) is 12.0 Å². The molecule has 0 saturated heterocycles. The zero-order chi connectivity index (χ0) is 7.82. The fraction of sp³-hybridized carbons (Fsp3) is 0.833. The number of Topliss-reactive ketones (excluding diaryl/α,β-unsaturated/α-hetero) is 1. The third-order valence-electron chi connectivity index (χ3n) is 1.17. The minimum absolute atomic E-state index is 0.230. The van der Waals surface area contributed by atoms with E-state index in [4.69, 9.17) is 5.53 Å². The van der Waals surface area contributed by atoms with E-state index >= 15 is 0 Å². The Hall–Kier alpha value is -1.02. The molecule has 0 amide bonds. The van der Waals surface area contributed by atoms with E-state index in [9.17, 15) is 4.79 Å². The molecule has 0 aromatic rings. The van der Waals surface area contributed by atoms with Crippen LogP contribution in [0.15, 0.2) is 5.11 Å². The van der Waals surface area contributed by atoms with E-state index in [0.717, 1.165) is 0 Å². The summed E-state index contributed by atoms with van der Waals surface area (Å²) >= 11 is 0. The number of nitrogens with zero attached hydrogens (tertiary/aromatic N) is 3. The molecule has 10 heavy (non-hydrogen) atoms. The highest BCUT2D eigenvalue weighted by Crippen LogP contribution is 1.94. The Kier molecular flexibility index (Phi) is 5.48. The van der Waals surface area contributed by atoms with E-state index in [2.05, 4.69) is 10.0 Å². The van der Waals surface area contributed by atoms with Gasteiger partial charge in [0.15, 0.2) is 0 Å². The Labute approximate surface area is 59.9 Å². The lowest BCUT2D eigenvalue weighted by molar-refractivity contribution is -0.118. The highest BCUT2D eigenvalue weighted by Gasteiger charge is 1.94. The van der Waals surface area contributed by atoms with Crippen LogP contribution in [0.25, 0.3) is 10.4 Å². The summed E-state index contributed by atoms with van der Waals surface area (Å²) in [6.07, 6.45) is 1.79. The molecule has 0 aliphatic heterocycles. The molecule has 0 bridgehead atoms. The molecule has 4 heteroatoms. The first kappa shape index (κ1) is 8.98. The van der Waals surface area contributed by atoms with Crippen molar-refractivity contribution in [1.29, 1.82) is 0 Å². The van der Waals surface area contributed by atoms with Crippen molar-refractivity contribution in [2.45, 2.75) is 26.2 Å². The van der Waals surface area contributed by atoms with Gasteiger partial charge in [-0.1, -0.05) is 12.0 Å². The second-order valence-electron chi connectivity index (χ2n) is 1.95. The van der Waals surface area contributed by atoms with Crippen molar-refractivity contribution in [3.63, 3.8) is 0 Å². The van der Waals surface area contributed by atoms with Gasteiger partial charge in [-0.2, -0.15) is 0 Å². The molecule has 56 valence electrons. The van der Waals surface area contributed by atoms with Crippen LogP contribution in [-0.2, 0) is 4.79 Å². The minimum Gasteiger partial charge on any atom is -0.300 e. The summed E-state index contributed by atoms with van der Waals surface area (Å²) in [6.45, 7) is 2.26. The molecule has 4 nitrogen and oxygen atoms in total. The van der Waals surface area contributed by atoms with Crippen molar-refractivity contribution in [2.24, 2.45) is 5.11 Å². The molecule has 0 aromatic heterocycles. The highest BCUT2D eigenvalue weighted by atomic mass is 16.1. The molecular formula is C6H11N3O. The van der Waals surface area contributed by atoms with Crippen molar-refractivity contribution in [1.82, 2.24) is 0 Å². The van der Waals surface area contributed by atoms with Gasteiger partial charge in [0.2, 0.25) is 0 Å². The molecule has 0 fully saturated rings. The molecule has 0 aromatic carbocycles. The van der Waals surface area contributed by atoms with Crippen LogP contribution < -0.4 is 0 Å². The lowest BCUT2D eigenvalue weighted by Gasteiger charge is -1.91. The van der Waals surface area contributed by atoms with Crippen LogP contribution in [0.2, 0.25) is 0 Å². The predicted octanol–water partition coefficient (Wildman–Crippen LogP) is 2.06. The van der Waals surface area contributed by atoms with Crippen molar-refractivity contribution in [3.05, 3.63) is 10.4 Å². The third kappa shape index (κ3) is 5.12. The van der Waals surface area contributed by atoms with E-state index in [0.29, 0.717) is 25.8 Å². The molecule has 0 unspecified atom stereocenters. The van der Waals surface area contributed by atoms with Crippen LogP contribution in [0.4, 0.5) is 0 Å². The van der Waals surface area contributed by atoms with Crippen LogP contribution in [0, 0.1) is 0 Å². The second-order valence-corrected chi connectivity index (χ2v) is 1.95. The average Bonchev–Trinajstić information content (AvgIpc) is 1.98. The zero-order valence-electron chi connectivity index (χ0n) is 6.08. The summed E-state index contributed by atoms with van der Waals surface area (Å²) in [6, 6.07) is 0. The van der Waals surface area contributed by atoms with Crippen LogP contribution in [0.5, 0.6) is 0 Å². The van der Waals surface area contributed by atoms with Crippen molar-refractivity contribution >= 4 is 5.78 Å². The molecule has 0 rings (SSSR count). The molecule has 0 aliphatic carbocycles. The largest absolute Gasteiger partial charge is 0.300 e. The third-order valence-corrected chi connectivity index (χ3v) is 1.17. The summed E-state index contributed by atoms with van der Waals surface area (Å²) in [4.78, 5) is 13.2. The number of carbonyl (C=O) groups is 1. The van der Waals surface area contributed by atoms with Crippen LogP contribution in [0.3, 0.4) is 0 Å². The molecular weight excluding hydrogens is 130 g/mol. The molecule has 0 atom stereocenters. The number of rotatable bonds is 5. The lowest BCUT2D eigenvalue weighted by atomic mass is 10.2. The van der Waals surface area contributed by atoms with Gasteiger partial charge in [-0.25, -0.2) is 0 Å².